The Balaban J connectivity index is 1.85. The maximum absolute atomic E-state index is 11.1. The molecule has 0 aliphatic carbocycles. The number of nitro groups is 1. The van der Waals surface area contributed by atoms with Gasteiger partial charge in [-0.15, -0.1) is 0 Å². The van der Waals surface area contributed by atoms with Gasteiger partial charge in [0, 0.05) is 17.1 Å². The third kappa shape index (κ3) is 2.78. The SMILES string of the molecule is CC(Nc1ccc(Cl)cc1[N+](=O)[O-])c1ccc2c(c1)OCO2. The van der Waals surface area contributed by atoms with Crippen LogP contribution in [0.3, 0.4) is 0 Å². The number of rotatable bonds is 4. The van der Waals surface area contributed by atoms with Gasteiger partial charge in [-0.3, -0.25) is 10.1 Å². The van der Waals surface area contributed by atoms with E-state index in [1.165, 1.54) is 6.07 Å². The zero-order chi connectivity index (χ0) is 15.7. The van der Waals surface area contributed by atoms with E-state index in [0.29, 0.717) is 22.2 Å². The molecular formula is C15H13ClN2O4. The average Bonchev–Trinajstić information content (AvgIpc) is 2.96. The summed E-state index contributed by atoms with van der Waals surface area (Å²) in [6.07, 6.45) is 0. The van der Waals surface area contributed by atoms with Crippen LogP contribution in [0.15, 0.2) is 36.4 Å². The number of hydrogen-bond donors (Lipinski definition) is 1. The van der Waals surface area contributed by atoms with Gasteiger partial charge in [0.05, 0.1) is 4.92 Å². The summed E-state index contributed by atoms with van der Waals surface area (Å²) < 4.78 is 10.6. The maximum Gasteiger partial charge on any atom is 0.293 e. The van der Waals surface area contributed by atoms with Crippen molar-refractivity contribution in [1.29, 1.82) is 0 Å². The van der Waals surface area contributed by atoms with Crippen LogP contribution in [0.5, 0.6) is 11.5 Å². The normalized spacial score (nSPS) is 13.7. The standard InChI is InChI=1S/C15H13ClN2O4/c1-9(10-2-5-14-15(6-10)22-8-21-14)17-12-4-3-11(16)7-13(12)18(19)20/h2-7,9,17H,8H2,1H3. The van der Waals surface area contributed by atoms with Crippen molar-refractivity contribution in [2.45, 2.75) is 13.0 Å². The molecule has 1 unspecified atom stereocenters. The topological polar surface area (TPSA) is 73.6 Å². The van der Waals surface area contributed by atoms with Crippen molar-refractivity contribution in [3.63, 3.8) is 0 Å². The van der Waals surface area contributed by atoms with E-state index in [1.54, 1.807) is 12.1 Å². The molecule has 2 aromatic rings. The van der Waals surface area contributed by atoms with Gasteiger partial charge in [-0.05, 0) is 36.8 Å². The molecule has 22 heavy (non-hydrogen) atoms. The molecule has 0 bridgehead atoms. The lowest BCUT2D eigenvalue weighted by atomic mass is 10.1. The smallest absolute Gasteiger partial charge is 0.293 e. The molecule has 0 aromatic heterocycles. The largest absolute Gasteiger partial charge is 0.454 e. The molecule has 1 aliphatic heterocycles. The molecule has 1 heterocycles. The summed E-state index contributed by atoms with van der Waals surface area (Å²) in [5.41, 5.74) is 1.30. The molecule has 114 valence electrons. The van der Waals surface area contributed by atoms with Crippen LogP contribution in [-0.2, 0) is 0 Å². The first-order chi connectivity index (χ1) is 10.5. The number of anilines is 1. The van der Waals surface area contributed by atoms with E-state index in [4.69, 9.17) is 21.1 Å². The first kappa shape index (κ1) is 14.5. The Morgan fingerprint density at radius 2 is 2.00 bits per heavy atom. The highest BCUT2D eigenvalue weighted by Gasteiger charge is 2.19. The molecule has 7 heteroatoms. The van der Waals surface area contributed by atoms with Crippen LogP contribution in [-0.4, -0.2) is 11.7 Å². The zero-order valence-electron chi connectivity index (χ0n) is 11.7. The van der Waals surface area contributed by atoms with Crippen molar-refractivity contribution < 1.29 is 14.4 Å². The fourth-order valence-electron chi connectivity index (χ4n) is 2.28. The Kier molecular flexibility index (Phi) is 3.77. The summed E-state index contributed by atoms with van der Waals surface area (Å²) in [5.74, 6) is 1.38. The van der Waals surface area contributed by atoms with Crippen LogP contribution in [0.2, 0.25) is 5.02 Å². The van der Waals surface area contributed by atoms with Gasteiger partial charge >= 0.3 is 0 Å². The zero-order valence-corrected chi connectivity index (χ0v) is 12.5. The number of nitrogens with zero attached hydrogens (tertiary/aromatic N) is 1. The predicted molar refractivity (Wildman–Crippen MR) is 82.7 cm³/mol. The third-order valence-electron chi connectivity index (χ3n) is 3.43. The van der Waals surface area contributed by atoms with E-state index in [2.05, 4.69) is 5.32 Å². The Hall–Kier alpha value is -2.47. The second kappa shape index (κ2) is 5.73. The first-order valence-corrected chi connectivity index (χ1v) is 7.02. The van der Waals surface area contributed by atoms with E-state index in [9.17, 15) is 10.1 Å². The van der Waals surface area contributed by atoms with Gasteiger partial charge in [-0.25, -0.2) is 0 Å². The number of benzene rings is 2. The van der Waals surface area contributed by atoms with Gasteiger partial charge in [0.25, 0.3) is 5.69 Å². The molecule has 0 radical (unpaired) electrons. The van der Waals surface area contributed by atoms with Crippen molar-refractivity contribution in [1.82, 2.24) is 0 Å². The van der Waals surface area contributed by atoms with Gasteiger partial charge < -0.3 is 14.8 Å². The van der Waals surface area contributed by atoms with Crippen molar-refractivity contribution in [3.8, 4) is 11.5 Å². The van der Waals surface area contributed by atoms with Crippen LogP contribution in [0, 0.1) is 10.1 Å². The average molecular weight is 321 g/mol. The van der Waals surface area contributed by atoms with Crippen molar-refractivity contribution in [2.75, 3.05) is 12.1 Å². The molecule has 6 nitrogen and oxygen atoms in total. The Morgan fingerprint density at radius 3 is 2.77 bits per heavy atom. The Morgan fingerprint density at radius 1 is 1.23 bits per heavy atom. The fraction of sp³-hybridized carbons (Fsp3) is 0.200. The molecule has 1 aliphatic rings. The number of nitrogens with one attached hydrogen (secondary N) is 1. The first-order valence-electron chi connectivity index (χ1n) is 6.64. The number of halogens is 1. The predicted octanol–water partition coefficient (Wildman–Crippen LogP) is 4.15. The molecule has 0 fully saturated rings. The minimum Gasteiger partial charge on any atom is -0.454 e. The summed E-state index contributed by atoms with van der Waals surface area (Å²) in [5, 5.41) is 14.6. The van der Waals surface area contributed by atoms with Gasteiger partial charge in [-0.1, -0.05) is 17.7 Å². The minimum atomic E-state index is -0.458. The van der Waals surface area contributed by atoms with Crippen LogP contribution >= 0.6 is 11.6 Å². The summed E-state index contributed by atoms with van der Waals surface area (Å²) in [6.45, 7) is 2.12. The van der Waals surface area contributed by atoms with Gasteiger partial charge in [-0.2, -0.15) is 0 Å². The molecule has 0 spiro atoms. The highest BCUT2D eigenvalue weighted by atomic mass is 35.5. The molecule has 0 amide bonds. The lowest BCUT2D eigenvalue weighted by Gasteiger charge is -2.16. The van der Waals surface area contributed by atoms with Crippen LogP contribution in [0.1, 0.15) is 18.5 Å². The summed E-state index contributed by atoms with van der Waals surface area (Å²) in [6, 6.07) is 9.99. The Labute approximate surface area is 131 Å². The number of fused-ring (bicyclic) bond motifs is 1. The van der Waals surface area contributed by atoms with Crippen LogP contribution < -0.4 is 14.8 Å². The number of hydrogen-bond acceptors (Lipinski definition) is 5. The van der Waals surface area contributed by atoms with Crippen molar-refractivity contribution in [3.05, 3.63) is 57.1 Å². The third-order valence-corrected chi connectivity index (χ3v) is 3.66. The molecule has 3 rings (SSSR count). The van der Waals surface area contributed by atoms with Gasteiger partial charge in [0.2, 0.25) is 6.79 Å². The number of ether oxygens (including phenoxy) is 2. The lowest BCUT2D eigenvalue weighted by molar-refractivity contribution is -0.384. The van der Waals surface area contributed by atoms with Crippen molar-refractivity contribution >= 4 is 23.0 Å². The minimum absolute atomic E-state index is 0.0555. The van der Waals surface area contributed by atoms with Crippen molar-refractivity contribution in [2.24, 2.45) is 0 Å². The van der Waals surface area contributed by atoms with E-state index in [-0.39, 0.29) is 18.5 Å². The molecule has 0 saturated heterocycles. The summed E-state index contributed by atoms with van der Waals surface area (Å²) >= 11 is 5.82. The van der Waals surface area contributed by atoms with Crippen LogP contribution in [0.25, 0.3) is 0 Å². The van der Waals surface area contributed by atoms with E-state index in [0.717, 1.165) is 5.56 Å². The highest BCUT2D eigenvalue weighted by molar-refractivity contribution is 6.30. The van der Waals surface area contributed by atoms with E-state index < -0.39 is 4.92 Å². The second-order valence-corrected chi connectivity index (χ2v) is 5.33. The molecular weight excluding hydrogens is 308 g/mol. The molecule has 1 N–H and O–H groups in total. The lowest BCUT2D eigenvalue weighted by Crippen LogP contribution is -2.08. The maximum atomic E-state index is 11.1. The van der Waals surface area contributed by atoms with Gasteiger partial charge in [0.1, 0.15) is 5.69 Å². The fourth-order valence-corrected chi connectivity index (χ4v) is 2.44. The monoisotopic (exact) mass is 320 g/mol. The molecule has 0 saturated carbocycles. The summed E-state index contributed by atoms with van der Waals surface area (Å²) in [7, 11) is 0. The quantitative estimate of drug-likeness (QED) is 0.676. The van der Waals surface area contributed by atoms with E-state index >= 15 is 0 Å². The highest BCUT2D eigenvalue weighted by Crippen LogP contribution is 2.36. The summed E-state index contributed by atoms with van der Waals surface area (Å²) in [4.78, 5) is 10.7. The second-order valence-electron chi connectivity index (χ2n) is 4.90. The molecule has 2 aromatic carbocycles. The van der Waals surface area contributed by atoms with Crippen LogP contribution in [0.4, 0.5) is 11.4 Å². The number of nitro benzene ring substituents is 1. The Bertz CT molecular complexity index is 735. The molecule has 1 atom stereocenters. The van der Waals surface area contributed by atoms with Gasteiger partial charge in [0.15, 0.2) is 11.5 Å². The van der Waals surface area contributed by atoms with E-state index in [1.807, 2.05) is 25.1 Å².